The third kappa shape index (κ3) is 28.1. The Hall–Kier alpha value is -4.05. The molecule has 316 valence electrons. The van der Waals surface area contributed by atoms with Gasteiger partial charge in [0.2, 0.25) is 24.2 Å². The average molecular weight is 837 g/mol. The van der Waals surface area contributed by atoms with Gasteiger partial charge in [-0.1, -0.05) is 17.8 Å². The van der Waals surface area contributed by atoms with E-state index in [1.807, 2.05) is 0 Å². The summed E-state index contributed by atoms with van der Waals surface area (Å²) in [6, 6.07) is 6.00. The molecule has 0 heterocycles. The van der Waals surface area contributed by atoms with Gasteiger partial charge >= 0.3 is 0 Å². The third-order valence-corrected chi connectivity index (χ3v) is 8.41. The van der Waals surface area contributed by atoms with E-state index in [1.54, 1.807) is 0 Å². The Morgan fingerprint density at radius 3 is 1.32 bits per heavy atom. The molecule has 4 amide bonds. The number of amides is 4. The molecule has 1 unspecified atom stereocenters. The van der Waals surface area contributed by atoms with Crippen LogP contribution in [0.4, 0.5) is 0 Å². The van der Waals surface area contributed by atoms with Crippen molar-refractivity contribution < 1.29 is 57.0 Å². The highest BCUT2D eigenvalue weighted by Crippen LogP contribution is 2.38. The summed E-state index contributed by atoms with van der Waals surface area (Å²) in [6.07, 6.45) is 15.6. The first-order valence-corrected chi connectivity index (χ1v) is 21.5. The van der Waals surface area contributed by atoms with E-state index in [0.717, 1.165) is 0 Å². The minimum Gasteiger partial charge on any atom is -0.444 e. The van der Waals surface area contributed by atoms with E-state index >= 15 is 0 Å². The lowest BCUT2D eigenvalue weighted by atomic mass is 9.82. The number of nitrogens with one attached hydrogen (secondary N) is 4. The molecule has 0 aromatic heterocycles. The molecule has 0 aliphatic heterocycles. The van der Waals surface area contributed by atoms with Crippen molar-refractivity contribution in [1.29, 1.82) is 0 Å². The predicted molar refractivity (Wildman–Crippen MR) is 218 cm³/mol. The molecule has 0 aliphatic carbocycles. The van der Waals surface area contributed by atoms with E-state index in [0.29, 0.717) is 39.6 Å². The molecule has 1 aromatic carbocycles. The highest BCUT2D eigenvalue weighted by Gasteiger charge is 2.34. The Morgan fingerprint density at radius 1 is 0.632 bits per heavy atom. The van der Waals surface area contributed by atoms with Gasteiger partial charge in [0.05, 0.1) is 59.5 Å². The van der Waals surface area contributed by atoms with Crippen LogP contribution in [0.15, 0.2) is 24.3 Å². The molecule has 1 atom stereocenters. The van der Waals surface area contributed by atoms with Gasteiger partial charge in [-0.3, -0.25) is 19.2 Å². The van der Waals surface area contributed by atoms with Crippen LogP contribution in [0.5, 0.6) is 5.75 Å². The molecule has 0 spiro atoms. The molecule has 0 fully saturated rings. The van der Waals surface area contributed by atoms with Crippen molar-refractivity contribution >= 4 is 41.9 Å². The Balaban J connectivity index is 3.08. The maximum absolute atomic E-state index is 13.8. The summed E-state index contributed by atoms with van der Waals surface area (Å²) in [5.41, 5.74) is -0.947. The number of hydrogen-bond acceptors (Lipinski definition) is 12. The van der Waals surface area contributed by atoms with Gasteiger partial charge in [0.25, 0.3) is 5.91 Å². The minimum atomic E-state index is -3.01. The fraction of sp³-hybridized carbons (Fsp3) is 0.590. The third-order valence-electron chi connectivity index (χ3n) is 7.64. The summed E-state index contributed by atoms with van der Waals surface area (Å²) in [5.74, 6) is 5.92. The number of ether oxygens (including phenoxy) is 6. The Morgan fingerprint density at radius 2 is 0.982 bits per heavy atom. The zero-order valence-electron chi connectivity index (χ0n) is 32.7. The first kappa shape index (κ1) is 51.0. The first-order chi connectivity index (χ1) is 27.4. The summed E-state index contributed by atoms with van der Waals surface area (Å²) < 4.78 is 37.2. The van der Waals surface area contributed by atoms with Crippen molar-refractivity contribution in [3.63, 3.8) is 0 Å². The molecule has 0 saturated carbocycles. The largest absolute Gasteiger partial charge is 0.444 e. The van der Waals surface area contributed by atoms with Gasteiger partial charge in [-0.2, -0.15) is 0 Å². The highest BCUT2D eigenvalue weighted by molar-refractivity contribution is 8.09. The van der Waals surface area contributed by atoms with Crippen LogP contribution in [0.2, 0.25) is 0 Å². The fourth-order valence-corrected chi connectivity index (χ4v) is 5.67. The van der Waals surface area contributed by atoms with Crippen LogP contribution in [0.1, 0.15) is 48.9 Å². The molecule has 0 bridgehead atoms. The molecule has 1 rings (SSSR count). The average Bonchev–Trinajstić information content (AvgIpc) is 3.18. The Bertz CT molecular complexity index is 1390. The number of hydrogen-bond donors (Lipinski definition) is 5. The predicted octanol–water partition coefficient (Wildman–Crippen LogP) is 1.15. The van der Waals surface area contributed by atoms with Crippen LogP contribution in [-0.2, 0) is 54.6 Å². The Labute approximate surface area is 341 Å². The van der Waals surface area contributed by atoms with Crippen LogP contribution >= 0.6 is 6.49 Å². The van der Waals surface area contributed by atoms with Crippen molar-refractivity contribution in [1.82, 2.24) is 21.3 Å². The second-order valence-electron chi connectivity index (χ2n) is 12.3. The summed E-state index contributed by atoms with van der Waals surface area (Å²) >= 11 is 4.96. The van der Waals surface area contributed by atoms with E-state index in [4.69, 9.17) is 64.0 Å². The Kier molecular flexibility index (Phi) is 28.6. The summed E-state index contributed by atoms with van der Waals surface area (Å²) in [5, 5.41) is 11.4. The van der Waals surface area contributed by atoms with Gasteiger partial charge < -0.3 is 59.1 Å². The molecule has 1 aromatic rings. The minimum absolute atomic E-state index is 0.0373. The lowest BCUT2D eigenvalue weighted by Gasteiger charge is -2.35. The maximum atomic E-state index is 13.8. The van der Waals surface area contributed by atoms with E-state index in [-0.39, 0.29) is 127 Å². The van der Waals surface area contributed by atoms with Gasteiger partial charge in [0.1, 0.15) is 25.6 Å². The highest BCUT2D eigenvalue weighted by atomic mass is 32.5. The molecule has 5 N–H and O–H groups in total. The number of carbonyl (C=O) groups excluding carboxylic acids is 4. The number of rotatable bonds is 34. The van der Waals surface area contributed by atoms with E-state index in [9.17, 15) is 24.1 Å². The van der Waals surface area contributed by atoms with Crippen molar-refractivity contribution in [3.8, 4) is 42.8 Å². The molecule has 0 aliphatic rings. The quantitative estimate of drug-likeness (QED) is 0.0377. The van der Waals surface area contributed by atoms with Gasteiger partial charge in [0, 0.05) is 56.7 Å². The standard InChI is InChI=1S/C39H57N4O12PS/c1-5-21-49-27-30-52-24-18-40-35(44)12-15-39(16-13-36(45)41-19-25-53-31-28-50-22-6-2,17-14-37(46)42-20-26-54-32-29-51-23-7-3)43-38(47)33-8-10-34(11-9-33)55-56(4,48)57/h1-3,8-11H,12-32H2,4H3,(H,40,44)(H,41,45)(H,42,46)(H,43,47)(H,48,57). The number of terminal acetylenes is 3. The van der Waals surface area contributed by atoms with Crippen molar-refractivity contribution in [2.45, 2.75) is 44.1 Å². The molecule has 0 radical (unpaired) electrons. The van der Waals surface area contributed by atoms with Gasteiger partial charge in [-0.25, -0.2) is 0 Å². The van der Waals surface area contributed by atoms with E-state index in [1.165, 1.54) is 30.9 Å². The van der Waals surface area contributed by atoms with Gasteiger partial charge in [-0.05, 0) is 55.3 Å². The summed E-state index contributed by atoms with van der Waals surface area (Å²) in [7, 11) is 0. The smallest absolute Gasteiger partial charge is 0.251 e. The summed E-state index contributed by atoms with van der Waals surface area (Å²) in [6.45, 7) is 2.17. The van der Waals surface area contributed by atoms with Crippen molar-refractivity contribution in [2.75, 3.05) is 106 Å². The molecular weight excluding hydrogens is 779 g/mol. The van der Waals surface area contributed by atoms with Gasteiger partial charge in [0.15, 0.2) is 0 Å². The molecule has 18 heteroatoms. The number of carbonyl (C=O) groups is 4. The molecule has 0 saturated heterocycles. The van der Waals surface area contributed by atoms with Crippen molar-refractivity contribution in [3.05, 3.63) is 29.8 Å². The normalized spacial score (nSPS) is 11.9. The second-order valence-corrected chi connectivity index (χ2v) is 16.1. The first-order valence-electron chi connectivity index (χ1n) is 18.4. The zero-order chi connectivity index (χ0) is 42.0. The van der Waals surface area contributed by atoms with Crippen LogP contribution in [-0.4, -0.2) is 140 Å². The fourth-order valence-electron chi connectivity index (χ4n) is 4.90. The number of benzene rings is 1. The lowest BCUT2D eigenvalue weighted by Crippen LogP contribution is -2.50. The zero-order valence-corrected chi connectivity index (χ0v) is 34.4. The van der Waals surface area contributed by atoms with Crippen molar-refractivity contribution in [2.24, 2.45) is 0 Å². The second kappa shape index (κ2) is 32.0. The van der Waals surface area contributed by atoms with Crippen LogP contribution in [0.25, 0.3) is 0 Å². The van der Waals surface area contributed by atoms with Crippen LogP contribution < -0.4 is 25.8 Å². The van der Waals surface area contributed by atoms with E-state index < -0.39 is 17.9 Å². The monoisotopic (exact) mass is 836 g/mol. The molecular formula is C39H57N4O12PS. The van der Waals surface area contributed by atoms with Crippen LogP contribution in [0.3, 0.4) is 0 Å². The SMILES string of the molecule is C#CCOCCOCCNC(=O)CCC(CCC(=O)NCCOCCOCC#C)(CCC(=O)NCCOCCOCC#C)NC(=O)c1ccc(OP(C)(O)=S)cc1. The van der Waals surface area contributed by atoms with Gasteiger partial charge in [-0.15, -0.1) is 19.3 Å². The molecule has 16 nitrogen and oxygen atoms in total. The topological polar surface area (TPSA) is 201 Å². The lowest BCUT2D eigenvalue weighted by molar-refractivity contribution is -0.121. The maximum Gasteiger partial charge on any atom is 0.251 e. The van der Waals surface area contributed by atoms with Crippen LogP contribution in [0, 0.1) is 37.0 Å². The van der Waals surface area contributed by atoms with E-state index in [2.05, 4.69) is 39.0 Å². The summed E-state index contributed by atoms with van der Waals surface area (Å²) in [4.78, 5) is 62.8. The molecule has 57 heavy (non-hydrogen) atoms.